The molecular formula is C13H16N2O2. The van der Waals surface area contributed by atoms with Crippen molar-refractivity contribution >= 4 is 16.8 Å². The van der Waals surface area contributed by atoms with E-state index in [-0.39, 0.29) is 0 Å². The quantitative estimate of drug-likeness (QED) is 0.859. The molecule has 0 aliphatic carbocycles. The molecule has 0 aliphatic rings. The molecule has 0 spiro atoms. The summed E-state index contributed by atoms with van der Waals surface area (Å²) >= 11 is 0. The molecule has 0 unspecified atom stereocenters. The van der Waals surface area contributed by atoms with Gasteiger partial charge in [0.25, 0.3) is 5.91 Å². The predicted octanol–water partition coefficient (Wildman–Crippen LogP) is 1.90. The molecule has 4 heteroatoms. The number of nitrogens with zero attached hydrogens (tertiary/aromatic N) is 1. The molecule has 0 saturated heterocycles. The maximum Gasteiger partial charge on any atom is 0.265 e. The zero-order chi connectivity index (χ0) is 12.7. The second kappa shape index (κ2) is 3.80. The lowest BCUT2D eigenvalue weighted by Gasteiger charge is -2.06. The highest BCUT2D eigenvalue weighted by molar-refractivity contribution is 6.03. The monoisotopic (exact) mass is 232 g/mol. The van der Waals surface area contributed by atoms with Gasteiger partial charge in [0.05, 0.1) is 12.6 Å². The lowest BCUT2D eigenvalue weighted by Crippen LogP contribution is -2.16. The van der Waals surface area contributed by atoms with E-state index in [1.165, 1.54) is 0 Å². The third-order valence-corrected chi connectivity index (χ3v) is 3.20. The number of primary amides is 1. The molecule has 2 aromatic rings. The van der Waals surface area contributed by atoms with Gasteiger partial charge in [-0.25, -0.2) is 0 Å². The molecule has 1 heterocycles. The number of fused-ring (bicyclic) bond motifs is 1. The van der Waals surface area contributed by atoms with Gasteiger partial charge >= 0.3 is 0 Å². The minimum atomic E-state index is -0.414. The molecule has 0 saturated carbocycles. The summed E-state index contributed by atoms with van der Waals surface area (Å²) < 4.78 is 7.14. The number of nitrogens with two attached hydrogens (primary N) is 1. The molecule has 90 valence electrons. The first-order chi connectivity index (χ1) is 7.99. The molecular weight excluding hydrogens is 216 g/mol. The fourth-order valence-electron chi connectivity index (χ4n) is 2.48. The molecule has 1 aromatic heterocycles. The number of benzene rings is 1. The Bertz CT molecular complexity index is 612. The Morgan fingerprint density at radius 2 is 2.00 bits per heavy atom. The van der Waals surface area contributed by atoms with Gasteiger partial charge in [0, 0.05) is 12.4 Å². The average Bonchev–Trinajstić information content (AvgIpc) is 2.53. The fraction of sp³-hybridized carbons (Fsp3) is 0.308. The third-order valence-electron chi connectivity index (χ3n) is 3.20. The van der Waals surface area contributed by atoms with Crippen molar-refractivity contribution in [2.75, 3.05) is 7.11 Å². The first-order valence-electron chi connectivity index (χ1n) is 5.41. The maximum absolute atomic E-state index is 11.5. The van der Waals surface area contributed by atoms with E-state index in [1.807, 2.05) is 33.0 Å². The van der Waals surface area contributed by atoms with Gasteiger partial charge in [-0.3, -0.25) is 4.79 Å². The number of carbonyl (C=O) groups excluding carboxylic acids is 1. The molecule has 4 nitrogen and oxygen atoms in total. The van der Waals surface area contributed by atoms with E-state index in [9.17, 15) is 4.79 Å². The van der Waals surface area contributed by atoms with Gasteiger partial charge in [-0.05, 0) is 31.0 Å². The van der Waals surface area contributed by atoms with E-state index in [0.717, 1.165) is 27.8 Å². The number of rotatable bonds is 2. The number of hydrogen-bond acceptors (Lipinski definition) is 2. The van der Waals surface area contributed by atoms with E-state index < -0.39 is 5.91 Å². The van der Waals surface area contributed by atoms with Crippen molar-refractivity contribution in [2.45, 2.75) is 13.8 Å². The Morgan fingerprint density at radius 3 is 2.53 bits per heavy atom. The van der Waals surface area contributed by atoms with Crippen LogP contribution in [-0.2, 0) is 7.05 Å². The lowest BCUT2D eigenvalue weighted by molar-refractivity contribution is 0.0992. The first-order valence-corrected chi connectivity index (χ1v) is 5.41. The van der Waals surface area contributed by atoms with Crippen LogP contribution in [0.25, 0.3) is 10.9 Å². The van der Waals surface area contributed by atoms with Crippen LogP contribution in [0.2, 0.25) is 0 Å². The smallest absolute Gasteiger partial charge is 0.265 e. The van der Waals surface area contributed by atoms with Crippen LogP contribution in [0, 0.1) is 13.8 Å². The highest BCUT2D eigenvalue weighted by Crippen LogP contribution is 2.33. The molecule has 17 heavy (non-hydrogen) atoms. The van der Waals surface area contributed by atoms with Crippen LogP contribution in [0.5, 0.6) is 5.75 Å². The number of ether oxygens (including phenoxy) is 1. The topological polar surface area (TPSA) is 57.2 Å². The summed E-state index contributed by atoms with van der Waals surface area (Å²) in [4.78, 5) is 11.5. The summed E-state index contributed by atoms with van der Waals surface area (Å²) in [5.41, 5.74) is 8.89. The number of amides is 1. The molecule has 0 atom stereocenters. The maximum atomic E-state index is 11.5. The zero-order valence-electron chi connectivity index (χ0n) is 10.5. The molecule has 2 rings (SSSR count). The van der Waals surface area contributed by atoms with Crippen LogP contribution in [-0.4, -0.2) is 17.6 Å². The largest absolute Gasteiger partial charge is 0.495 e. The van der Waals surface area contributed by atoms with E-state index in [2.05, 4.69) is 0 Å². The second-order valence-corrected chi connectivity index (χ2v) is 4.21. The van der Waals surface area contributed by atoms with Crippen molar-refractivity contribution in [2.24, 2.45) is 12.8 Å². The molecule has 1 amide bonds. The number of hydrogen-bond donors (Lipinski definition) is 1. The Labute approximate surface area is 100.0 Å². The van der Waals surface area contributed by atoms with Crippen molar-refractivity contribution < 1.29 is 9.53 Å². The van der Waals surface area contributed by atoms with Gasteiger partial charge in [0.2, 0.25) is 0 Å². The Balaban J connectivity index is 3.01. The molecule has 0 aliphatic heterocycles. The molecule has 2 N–H and O–H groups in total. The summed E-state index contributed by atoms with van der Waals surface area (Å²) in [5, 5.41) is 1.04. The van der Waals surface area contributed by atoms with Crippen LogP contribution < -0.4 is 10.5 Å². The Morgan fingerprint density at radius 1 is 1.35 bits per heavy atom. The summed E-state index contributed by atoms with van der Waals surface area (Å²) in [6.07, 6.45) is 0. The first kappa shape index (κ1) is 11.5. The zero-order valence-corrected chi connectivity index (χ0v) is 10.5. The number of methoxy groups -OCH3 is 1. The van der Waals surface area contributed by atoms with E-state index in [0.29, 0.717) is 5.69 Å². The normalized spacial score (nSPS) is 10.8. The Kier molecular flexibility index (Phi) is 2.58. The van der Waals surface area contributed by atoms with Crippen LogP contribution in [0.3, 0.4) is 0 Å². The van der Waals surface area contributed by atoms with E-state index in [1.54, 1.807) is 11.7 Å². The average molecular weight is 232 g/mol. The summed E-state index contributed by atoms with van der Waals surface area (Å²) in [7, 11) is 3.45. The van der Waals surface area contributed by atoms with Gasteiger partial charge in [0.15, 0.2) is 0 Å². The van der Waals surface area contributed by atoms with Gasteiger partial charge in [-0.1, -0.05) is 6.07 Å². The van der Waals surface area contributed by atoms with Crippen LogP contribution in [0.15, 0.2) is 12.1 Å². The van der Waals surface area contributed by atoms with Crippen molar-refractivity contribution in [1.82, 2.24) is 4.57 Å². The van der Waals surface area contributed by atoms with Gasteiger partial charge in [-0.2, -0.15) is 0 Å². The fourth-order valence-corrected chi connectivity index (χ4v) is 2.48. The summed E-state index contributed by atoms with van der Waals surface area (Å²) in [5.74, 6) is 0.339. The molecule has 0 fully saturated rings. The van der Waals surface area contributed by atoms with Gasteiger partial charge in [0.1, 0.15) is 11.4 Å². The van der Waals surface area contributed by atoms with Crippen molar-refractivity contribution in [1.29, 1.82) is 0 Å². The van der Waals surface area contributed by atoms with Crippen LogP contribution in [0.1, 0.15) is 21.6 Å². The lowest BCUT2D eigenvalue weighted by atomic mass is 10.1. The highest BCUT2D eigenvalue weighted by Gasteiger charge is 2.19. The molecule has 0 bridgehead atoms. The van der Waals surface area contributed by atoms with Crippen molar-refractivity contribution in [3.8, 4) is 5.75 Å². The second-order valence-electron chi connectivity index (χ2n) is 4.21. The van der Waals surface area contributed by atoms with Crippen LogP contribution >= 0.6 is 0 Å². The Hall–Kier alpha value is -1.97. The van der Waals surface area contributed by atoms with Gasteiger partial charge in [-0.15, -0.1) is 0 Å². The summed E-state index contributed by atoms with van der Waals surface area (Å²) in [6, 6.07) is 3.89. The van der Waals surface area contributed by atoms with E-state index >= 15 is 0 Å². The van der Waals surface area contributed by atoms with Gasteiger partial charge < -0.3 is 15.0 Å². The molecule has 1 aromatic carbocycles. The van der Waals surface area contributed by atoms with E-state index in [4.69, 9.17) is 10.5 Å². The highest BCUT2D eigenvalue weighted by atomic mass is 16.5. The summed E-state index contributed by atoms with van der Waals surface area (Å²) in [6.45, 7) is 3.93. The number of aromatic nitrogens is 1. The van der Waals surface area contributed by atoms with Crippen molar-refractivity contribution in [3.63, 3.8) is 0 Å². The van der Waals surface area contributed by atoms with Crippen molar-refractivity contribution in [3.05, 3.63) is 29.0 Å². The SMILES string of the molecule is COc1ccc(C)c2c(C)c(C(N)=O)n(C)c12. The molecule has 0 radical (unpaired) electrons. The number of aryl methyl sites for hydroxylation is 3. The minimum absolute atomic E-state index is 0.414. The standard InChI is InChI=1S/C13H16N2O2/c1-7-5-6-9(17-4)12-10(7)8(2)11(13(14)16)15(12)3/h5-6H,1-4H3,(H2,14,16). The number of carbonyl (C=O) groups is 1. The third kappa shape index (κ3) is 1.48. The van der Waals surface area contributed by atoms with Crippen LogP contribution in [0.4, 0.5) is 0 Å². The minimum Gasteiger partial charge on any atom is -0.495 e. The predicted molar refractivity (Wildman–Crippen MR) is 67.5 cm³/mol.